The minimum Gasteiger partial charge on any atom is -0.443 e. The number of hydrogen-bond acceptors (Lipinski definition) is 11. The summed E-state index contributed by atoms with van der Waals surface area (Å²) in [6, 6.07) is 28.1. The topological polar surface area (TPSA) is 142 Å². The molecule has 1 unspecified atom stereocenters. The molecule has 3 aromatic rings. The van der Waals surface area contributed by atoms with E-state index in [9.17, 15) is 19.8 Å². The second-order valence-electron chi connectivity index (χ2n) is 20.4. The minimum atomic E-state index is -1.63. The Morgan fingerprint density at radius 2 is 1.03 bits per heavy atom. The predicted octanol–water partition coefficient (Wildman–Crippen LogP) is 12.1. The lowest BCUT2D eigenvalue weighted by molar-refractivity contribution is -0.305. The molecule has 1 fully saturated rings. The third-order valence-corrected chi connectivity index (χ3v) is 12.0. The van der Waals surface area contributed by atoms with Gasteiger partial charge in [0.2, 0.25) is 0 Å². The maximum atomic E-state index is 14.1. The van der Waals surface area contributed by atoms with E-state index in [-0.39, 0.29) is 19.6 Å². The number of hydrogen-bond donors (Lipinski definition) is 2. The van der Waals surface area contributed by atoms with Crippen LogP contribution in [0.1, 0.15) is 156 Å². The largest absolute Gasteiger partial charge is 0.443 e. The lowest BCUT2D eigenvalue weighted by atomic mass is 9.91. The fourth-order valence-corrected chi connectivity index (χ4v) is 8.32. The van der Waals surface area contributed by atoms with E-state index in [0.29, 0.717) is 19.6 Å². The zero-order valence-corrected chi connectivity index (χ0v) is 42.5. The Bertz CT molecular complexity index is 1770. The molecule has 1 aliphatic rings. The van der Waals surface area contributed by atoms with Gasteiger partial charge in [-0.25, -0.2) is 14.5 Å². The quantitative estimate of drug-likeness (QED) is 0.0642. The molecule has 12 heteroatoms. The number of aliphatic hydroxyl groups excluding tert-OH is 2. The van der Waals surface area contributed by atoms with Crippen LogP contribution in [0.4, 0.5) is 9.59 Å². The monoisotopic (exact) mass is 948 g/mol. The maximum absolute atomic E-state index is 14.1. The van der Waals surface area contributed by atoms with Gasteiger partial charge in [0.1, 0.15) is 29.5 Å². The first kappa shape index (κ1) is 56.7. The second kappa shape index (κ2) is 30.0. The van der Waals surface area contributed by atoms with Gasteiger partial charge in [0.25, 0.3) is 0 Å². The summed E-state index contributed by atoms with van der Waals surface area (Å²) in [5.41, 5.74) is 0.929. The average molecular weight is 948 g/mol. The molecule has 0 saturated carbocycles. The first-order valence-electron chi connectivity index (χ1n) is 25.4. The molecule has 12 nitrogen and oxygen atoms in total. The van der Waals surface area contributed by atoms with Crippen molar-refractivity contribution in [1.29, 1.82) is 0 Å². The lowest BCUT2D eigenvalue weighted by Crippen LogP contribution is -2.60. The third-order valence-electron chi connectivity index (χ3n) is 12.0. The number of ether oxygens (including phenoxy) is 7. The Morgan fingerprint density at radius 3 is 1.49 bits per heavy atom. The molecule has 8 atom stereocenters. The number of nitrogens with zero attached hydrogens (tertiary/aromatic N) is 1. The van der Waals surface area contributed by atoms with Crippen LogP contribution in [-0.2, 0) is 53.0 Å². The van der Waals surface area contributed by atoms with Crippen molar-refractivity contribution < 1.29 is 53.0 Å². The fourth-order valence-electron chi connectivity index (χ4n) is 8.32. The summed E-state index contributed by atoms with van der Waals surface area (Å²) in [4.78, 5) is 29.0. The molecule has 1 saturated heterocycles. The molecular weight excluding hydrogens is 863 g/mol. The molecule has 1 heterocycles. The summed E-state index contributed by atoms with van der Waals surface area (Å²) >= 11 is 0. The normalized spacial score (nSPS) is 20.1. The predicted molar refractivity (Wildman–Crippen MR) is 266 cm³/mol. The zero-order valence-electron chi connectivity index (χ0n) is 42.5. The van der Waals surface area contributed by atoms with Crippen molar-refractivity contribution in [3.05, 3.63) is 108 Å². The smallest absolute Gasteiger partial charge is 0.420 e. The molecule has 2 N–H and O–H groups in total. The van der Waals surface area contributed by atoms with Gasteiger partial charge in [-0.3, -0.25) is 0 Å². The molecule has 3 aromatic carbocycles. The summed E-state index contributed by atoms with van der Waals surface area (Å²) in [5.74, 6) is -0.481. The number of benzene rings is 3. The minimum absolute atomic E-state index is 0.123. The van der Waals surface area contributed by atoms with Crippen molar-refractivity contribution in [2.24, 2.45) is 5.92 Å². The average Bonchev–Trinajstić information content (AvgIpc) is 3.30. The molecule has 1 aliphatic heterocycles. The van der Waals surface area contributed by atoms with E-state index < -0.39 is 78.8 Å². The van der Waals surface area contributed by atoms with Crippen molar-refractivity contribution in [3.63, 3.8) is 0 Å². The van der Waals surface area contributed by atoms with Gasteiger partial charge in [-0.05, 0) is 64.7 Å². The number of unbranched alkanes of at least 4 members (excludes halogenated alkanes) is 11. The number of aliphatic hydroxyl groups is 2. The van der Waals surface area contributed by atoms with Crippen molar-refractivity contribution in [3.8, 4) is 0 Å². The van der Waals surface area contributed by atoms with Gasteiger partial charge in [0, 0.05) is 5.92 Å². The SMILES string of the molecule is CCCCCCCCCCCCCC[C@@H](O)[C@@H](O)[C@H](CO[C@H]1OC(COCc2ccccc2)[C@@H](OCc2ccccc2)[C@@H](OCc2ccccc2)[C@H]1C)N(C(=O)OC(C)(C)C)C(=O)OC(C)(C)C. The summed E-state index contributed by atoms with van der Waals surface area (Å²) in [5, 5.41) is 23.7. The van der Waals surface area contributed by atoms with E-state index in [1.165, 1.54) is 51.4 Å². The molecule has 380 valence electrons. The molecule has 0 radical (unpaired) electrons. The lowest BCUT2D eigenvalue weighted by Gasteiger charge is -2.46. The van der Waals surface area contributed by atoms with Crippen LogP contribution in [0.3, 0.4) is 0 Å². The number of amides is 2. The molecule has 68 heavy (non-hydrogen) atoms. The Balaban J connectivity index is 1.59. The number of carbonyl (C=O) groups is 2. The molecular formula is C56H85NO11. The van der Waals surface area contributed by atoms with Gasteiger partial charge in [0.05, 0.1) is 51.3 Å². The first-order chi connectivity index (χ1) is 32.6. The number of carbonyl (C=O) groups excluding carboxylic acids is 2. The van der Waals surface area contributed by atoms with Crippen LogP contribution < -0.4 is 0 Å². The molecule has 2 amide bonds. The van der Waals surface area contributed by atoms with Crippen LogP contribution in [-0.4, -0.2) is 94.6 Å². The summed E-state index contributed by atoms with van der Waals surface area (Å²) in [6.07, 6.45) is 6.16. The van der Waals surface area contributed by atoms with E-state index in [0.717, 1.165) is 40.9 Å². The zero-order chi connectivity index (χ0) is 49.4. The Morgan fingerprint density at radius 1 is 0.603 bits per heavy atom. The van der Waals surface area contributed by atoms with E-state index in [2.05, 4.69) is 6.92 Å². The Hall–Kier alpha value is -3.88. The van der Waals surface area contributed by atoms with Gasteiger partial charge in [0.15, 0.2) is 6.29 Å². The summed E-state index contributed by atoms with van der Waals surface area (Å²) < 4.78 is 44.7. The van der Waals surface area contributed by atoms with E-state index in [1.807, 2.05) is 97.9 Å². The van der Waals surface area contributed by atoms with Gasteiger partial charge in [-0.15, -0.1) is 0 Å². The summed E-state index contributed by atoms with van der Waals surface area (Å²) in [6.45, 7) is 14.9. The highest BCUT2D eigenvalue weighted by molar-refractivity contribution is 5.88. The molecule has 0 bridgehead atoms. The highest BCUT2D eigenvalue weighted by Gasteiger charge is 2.48. The standard InChI is InChI=1S/C56H85NO11/c1-9-10-11-12-13-14-15-16-17-18-19-29-36-47(58)49(59)46(57(53(60)67-55(3,4)5)54(61)68-56(6,7)8)40-65-52-42(2)50(63-38-44-32-25-21-26-33-44)51(64-39-45-34-27-22-28-35-45)48(66-52)41-62-37-43-30-23-20-24-31-43/h20-28,30-35,42,46-52,58-59H,9-19,29,36-41H2,1-8H3/t42-,46+,47-,48?,49+,50+,51-,52+/m1/s1. The van der Waals surface area contributed by atoms with E-state index in [1.54, 1.807) is 41.5 Å². The first-order valence-corrected chi connectivity index (χ1v) is 25.4. The van der Waals surface area contributed by atoms with Crippen molar-refractivity contribution in [2.75, 3.05) is 13.2 Å². The van der Waals surface area contributed by atoms with Crippen molar-refractivity contribution in [2.45, 2.75) is 213 Å². The van der Waals surface area contributed by atoms with Crippen LogP contribution >= 0.6 is 0 Å². The van der Waals surface area contributed by atoms with E-state index >= 15 is 0 Å². The van der Waals surface area contributed by atoms with Gasteiger partial charge in [-0.2, -0.15) is 0 Å². The van der Waals surface area contributed by atoms with Crippen LogP contribution in [0.5, 0.6) is 0 Å². The molecule has 0 aliphatic carbocycles. The molecule has 0 spiro atoms. The van der Waals surface area contributed by atoms with Crippen LogP contribution in [0.25, 0.3) is 0 Å². The second-order valence-corrected chi connectivity index (χ2v) is 20.4. The van der Waals surface area contributed by atoms with Gasteiger partial charge >= 0.3 is 12.2 Å². The maximum Gasteiger partial charge on any atom is 0.420 e. The van der Waals surface area contributed by atoms with E-state index in [4.69, 9.17) is 33.2 Å². The van der Waals surface area contributed by atoms with Gasteiger partial charge < -0.3 is 43.4 Å². The molecule has 0 aromatic heterocycles. The third kappa shape index (κ3) is 21.0. The molecule has 4 rings (SSSR count). The van der Waals surface area contributed by atoms with Crippen molar-refractivity contribution >= 4 is 12.2 Å². The highest BCUT2D eigenvalue weighted by Crippen LogP contribution is 2.34. The van der Waals surface area contributed by atoms with Crippen molar-refractivity contribution in [1.82, 2.24) is 4.90 Å². The fraction of sp³-hybridized carbons (Fsp3) is 0.643. The van der Waals surface area contributed by atoms with Crippen LogP contribution in [0, 0.1) is 5.92 Å². The van der Waals surface area contributed by atoms with Crippen LogP contribution in [0.15, 0.2) is 91.0 Å². The Labute approximate surface area is 408 Å². The number of imide groups is 1. The summed E-state index contributed by atoms with van der Waals surface area (Å²) in [7, 11) is 0. The highest BCUT2D eigenvalue weighted by atomic mass is 16.7. The Kier molecular flexibility index (Phi) is 25.0. The van der Waals surface area contributed by atoms with Gasteiger partial charge in [-0.1, -0.05) is 182 Å². The number of rotatable bonds is 29. The van der Waals surface area contributed by atoms with Crippen LogP contribution in [0.2, 0.25) is 0 Å².